The third kappa shape index (κ3) is 5.78. The number of anilines is 2. The average molecular weight is 431 g/mol. The first-order valence-electron chi connectivity index (χ1n) is 10.5. The quantitative estimate of drug-likeness (QED) is 0.560. The van der Waals surface area contributed by atoms with Crippen molar-refractivity contribution >= 4 is 29.1 Å². The van der Waals surface area contributed by atoms with Crippen LogP contribution < -0.4 is 10.6 Å². The van der Waals surface area contributed by atoms with Gasteiger partial charge in [0.25, 0.3) is 11.8 Å². The Morgan fingerprint density at radius 3 is 2.31 bits per heavy atom. The molecule has 0 bridgehead atoms. The van der Waals surface area contributed by atoms with Crippen molar-refractivity contribution in [3.05, 3.63) is 90.3 Å². The van der Waals surface area contributed by atoms with Crippen LogP contribution in [0.4, 0.5) is 11.4 Å². The molecule has 7 nitrogen and oxygen atoms in total. The van der Waals surface area contributed by atoms with Crippen LogP contribution in [0.2, 0.25) is 0 Å². The summed E-state index contributed by atoms with van der Waals surface area (Å²) in [5.41, 5.74) is 1.97. The van der Waals surface area contributed by atoms with E-state index in [0.717, 1.165) is 0 Å². The topological polar surface area (TPSA) is 91.4 Å². The summed E-state index contributed by atoms with van der Waals surface area (Å²) < 4.78 is 0. The lowest BCUT2D eigenvalue weighted by atomic mass is 10.1. The van der Waals surface area contributed by atoms with Crippen molar-refractivity contribution in [2.45, 2.75) is 26.3 Å². The lowest BCUT2D eigenvalue weighted by molar-refractivity contribution is -0.120. The van der Waals surface area contributed by atoms with E-state index in [1.807, 2.05) is 25.1 Å². The molecule has 2 aromatic carbocycles. The van der Waals surface area contributed by atoms with Crippen molar-refractivity contribution in [2.24, 2.45) is 0 Å². The molecule has 1 unspecified atom stereocenters. The number of aromatic nitrogens is 1. The zero-order chi connectivity index (χ0) is 22.9. The first kappa shape index (κ1) is 22.7. The van der Waals surface area contributed by atoms with Crippen LogP contribution in [-0.4, -0.2) is 40.2 Å². The zero-order valence-electron chi connectivity index (χ0n) is 18.1. The number of hydrogen-bond donors (Lipinski definition) is 2. The standard InChI is InChI=1S/C25H26N4O3/c1-3-15-29(18(2)23(30)27-21-11-5-4-6-12-21)25(32)19-9-7-13-22(16-19)28-24(31)20-10-8-14-26-17-20/h4-14,16-18H,3,15H2,1-2H3,(H,27,30)(H,28,31). The van der Waals surface area contributed by atoms with Gasteiger partial charge >= 0.3 is 0 Å². The van der Waals surface area contributed by atoms with E-state index in [0.29, 0.717) is 35.5 Å². The van der Waals surface area contributed by atoms with Crippen LogP contribution in [-0.2, 0) is 4.79 Å². The number of benzene rings is 2. The number of nitrogens with zero attached hydrogens (tertiary/aromatic N) is 2. The van der Waals surface area contributed by atoms with Crippen molar-refractivity contribution in [3.63, 3.8) is 0 Å². The molecule has 1 aromatic heterocycles. The highest BCUT2D eigenvalue weighted by atomic mass is 16.2. The number of carbonyl (C=O) groups is 3. The molecular formula is C25H26N4O3. The van der Waals surface area contributed by atoms with Gasteiger partial charge in [0.1, 0.15) is 6.04 Å². The molecule has 3 rings (SSSR count). The fraction of sp³-hybridized carbons (Fsp3) is 0.200. The van der Waals surface area contributed by atoms with Gasteiger partial charge in [-0.15, -0.1) is 0 Å². The van der Waals surface area contributed by atoms with Gasteiger partial charge in [0.15, 0.2) is 0 Å². The minimum atomic E-state index is -0.670. The molecule has 0 radical (unpaired) electrons. The smallest absolute Gasteiger partial charge is 0.257 e. The minimum absolute atomic E-state index is 0.265. The van der Waals surface area contributed by atoms with E-state index >= 15 is 0 Å². The normalized spacial score (nSPS) is 11.3. The second-order valence-corrected chi connectivity index (χ2v) is 7.31. The molecule has 164 valence electrons. The van der Waals surface area contributed by atoms with E-state index in [1.54, 1.807) is 66.6 Å². The molecule has 3 amide bonds. The number of para-hydroxylation sites is 1. The lowest BCUT2D eigenvalue weighted by Crippen LogP contribution is -2.46. The van der Waals surface area contributed by atoms with Gasteiger partial charge in [0, 0.05) is 35.9 Å². The van der Waals surface area contributed by atoms with Gasteiger partial charge in [-0.3, -0.25) is 19.4 Å². The molecule has 3 aromatic rings. The van der Waals surface area contributed by atoms with E-state index in [1.165, 1.54) is 6.20 Å². The Labute approximate surface area is 187 Å². The molecule has 32 heavy (non-hydrogen) atoms. The summed E-state index contributed by atoms with van der Waals surface area (Å²) in [7, 11) is 0. The summed E-state index contributed by atoms with van der Waals surface area (Å²) in [4.78, 5) is 43.9. The summed E-state index contributed by atoms with van der Waals surface area (Å²) in [6, 6.07) is 18.5. The number of amides is 3. The van der Waals surface area contributed by atoms with Gasteiger partial charge in [-0.05, 0) is 55.8 Å². The Bertz CT molecular complexity index is 1070. The first-order valence-corrected chi connectivity index (χ1v) is 10.5. The van der Waals surface area contributed by atoms with Crippen LogP contribution in [0.5, 0.6) is 0 Å². The van der Waals surface area contributed by atoms with E-state index < -0.39 is 6.04 Å². The lowest BCUT2D eigenvalue weighted by Gasteiger charge is -2.28. The van der Waals surface area contributed by atoms with Gasteiger partial charge in [-0.25, -0.2) is 0 Å². The number of nitrogens with one attached hydrogen (secondary N) is 2. The van der Waals surface area contributed by atoms with Gasteiger partial charge in [-0.2, -0.15) is 0 Å². The maximum Gasteiger partial charge on any atom is 0.257 e. The molecule has 1 heterocycles. The second-order valence-electron chi connectivity index (χ2n) is 7.31. The van der Waals surface area contributed by atoms with E-state index in [-0.39, 0.29) is 17.7 Å². The van der Waals surface area contributed by atoms with Crippen LogP contribution in [0.15, 0.2) is 79.1 Å². The van der Waals surface area contributed by atoms with Gasteiger partial charge in [0.2, 0.25) is 5.91 Å². The average Bonchev–Trinajstić information content (AvgIpc) is 2.83. The molecule has 0 aliphatic carbocycles. The van der Waals surface area contributed by atoms with Crippen molar-refractivity contribution < 1.29 is 14.4 Å². The van der Waals surface area contributed by atoms with E-state index in [2.05, 4.69) is 15.6 Å². The fourth-order valence-electron chi connectivity index (χ4n) is 3.22. The largest absolute Gasteiger partial charge is 0.327 e. The molecule has 0 aliphatic heterocycles. The molecule has 1 atom stereocenters. The summed E-state index contributed by atoms with van der Waals surface area (Å²) in [5.74, 6) is -0.859. The Kier molecular flexibility index (Phi) is 7.70. The highest BCUT2D eigenvalue weighted by Crippen LogP contribution is 2.17. The minimum Gasteiger partial charge on any atom is -0.327 e. The summed E-state index contributed by atoms with van der Waals surface area (Å²) >= 11 is 0. The Morgan fingerprint density at radius 1 is 0.906 bits per heavy atom. The second kappa shape index (κ2) is 10.9. The zero-order valence-corrected chi connectivity index (χ0v) is 18.1. The number of hydrogen-bond acceptors (Lipinski definition) is 4. The Balaban J connectivity index is 1.74. The third-order valence-electron chi connectivity index (χ3n) is 4.90. The molecule has 0 saturated carbocycles. The highest BCUT2D eigenvalue weighted by Gasteiger charge is 2.26. The van der Waals surface area contributed by atoms with E-state index in [9.17, 15) is 14.4 Å². The van der Waals surface area contributed by atoms with Crippen molar-refractivity contribution in [3.8, 4) is 0 Å². The van der Waals surface area contributed by atoms with Crippen molar-refractivity contribution in [1.29, 1.82) is 0 Å². The molecule has 0 saturated heterocycles. The molecular weight excluding hydrogens is 404 g/mol. The maximum atomic E-state index is 13.3. The SMILES string of the molecule is CCCN(C(=O)c1cccc(NC(=O)c2cccnc2)c1)C(C)C(=O)Nc1ccccc1. The number of pyridine rings is 1. The van der Waals surface area contributed by atoms with Crippen molar-refractivity contribution in [2.75, 3.05) is 17.2 Å². The molecule has 0 fully saturated rings. The molecule has 2 N–H and O–H groups in total. The fourth-order valence-corrected chi connectivity index (χ4v) is 3.22. The van der Waals surface area contributed by atoms with Gasteiger partial charge in [0.05, 0.1) is 5.56 Å². The van der Waals surface area contributed by atoms with Crippen LogP contribution >= 0.6 is 0 Å². The molecule has 7 heteroatoms. The summed E-state index contributed by atoms with van der Waals surface area (Å²) in [6.45, 7) is 4.08. The summed E-state index contributed by atoms with van der Waals surface area (Å²) in [5, 5.41) is 5.63. The Hall–Kier alpha value is -4.00. The van der Waals surface area contributed by atoms with Gasteiger partial charge in [-0.1, -0.05) is 31.2 Å². The van der Waals surface area contributed by atoms with E-state index in [4.69, 9.17) is 0 Å². The Morgan fingerprint density at radius 2 is 1.62 bits per heavy atom. The van der Waals surface area contributed by atoms with Crippen LogP contribution in [0, 0.1) is 0 Å². The predicted molar refractivity (Wildman–Crippen MR) is 124 cm³/mol. The third-order valence-corrected chi connectivity index (χ3v) is 4.90. The van der Waals surface area contributed by atoms with Crippen LogP contribution in [0.3, 0.4) is 0 Å². The monoisotopic (exact) mass is 430 g/mol. The number of rotatable bonds is 8. The predicted octanol–water partition coefficient (Wildman–Crippen LogP) is 4.21. The molecule has 0 spiro atoms. The van der Waals surface area contributed by atoms with Crippen LogP contribution in [0.25, 0.3) is 0 Å². The maximum absolute atomic E-state index is 13.3. The van der Waals surface area contributed by atoms with Crippen LogP contribution in [0.1, 0.15) is 41.0 Å². The molecule has 0 aliphatic rings. The highest BCUT2D eigenvalue weighted by molar-refractivity contribution is 6.05. The van der Waals surface area contributed by atoms with Gasteiger partial charge < -0.3 is 15.5 Å². The first-order chi connectivity index (χ1) is 15.5. The number of carbonyl (C=O) groups excluding carboxylic acids is 3. The van der Waals surface area contributed by atoms with Crippen molar-refractivity contribution in [1.82, 2.24) is 9.88 Å². The summed E-state index contributed by atoms with van der Waals surface area (Å²) in [6.07, 6.45) is 3.76.